The Balaban J connectivity index is 1.48. The van der Waals surface area contributed by atoms with Crippen molar-refractivity contribution >= 4 is 5.91 Å². The second kappa shape index (κ2) is 4.17. The molecule has 0 aromatic rings. The summed E-state index contributed by atoms with van der Waals surface area (Å²) in [5.41, 5.74) is -1.18. The molecule has 5 nitrogen and oxygen atoms in total. The number of carbonyl (C=O) groups excluding carboxylic acids is 1. The minimum Gasteiger partial charge on any atom is -0.381 e. The van der Waals surface area contributed by atoms with E-state index in [2.05, 4.69) is 0 Å². The third-order valence-electron chi connectivity index (χ3n) is 5.46. The van der Waals surface area contributed by atoms with Gasteiger partial charge in [-0.25, -0.2) is 0 Å². The van der Waals surface area contributed by atoms with Crippen LogP contribution in [0.3, 0.4) is 0 Å². The molecular formula is C14H21NO4. The summed E-state index contributed by atoms with van der Waals surface area (Å²) in [4.78, 5) is 14.4. The Hall–Kier alpha value is -0.650. The predicted octanol–water partition coefficient (Wildman–Crippen LogP) is 0.164. The molecule has 4 aliphatic heterocycles. The van der Waals surface area contributed by atoms with Crippen molar-refractivity contribution in [3.05, 3.63) is 0 Å². The average molecular weight is 267 g/mol. The fraction of sp³-hybridized carbons (Fsp3) is 0.929. The van der Waals surface area contributed by atoms with Crippen LogP contribution in [0.5, 0.6) is 0 Å². The average Bonchev–Trinajstić information content (AvgIpc) is 3.11. The van der Waals surface area contributed by atoms with Crippen LogP contribution in [0.15, 0.2) is 0 Å². The lowest BCUT2D eigenvalue weighted by Gasteiger charge is -2.34. The van der Waals surface area contributed by atoms with Crippen LogP contribution in [0.25, 0.3) is 0 Å². The molecule has 0 saturated carbocycles. The summed E-state index contributed by atoms with van der Waals surface area (Å²) in [7, 11) is 0. The lowest BCUT2D eigenvalue weighted by molar-refractivity contribution is -0.160. The number of amides is 1. The number of carbonyl (C=O) groups is 1. The van der Waals surface area contributed by atoms with Crippen molar-refractivity contribution in [3.63, 3.8) is 0 Å². The van der Waals surface area contributed by atoms with Crippen LogP contribution in [0.2, 0.25) is 0 Å². The van der Waals surface area contributed by atoms with E-state index < -0.39 is 5.60 Å². The zero-order valence-corrected chi connectivity index (χ0v) is 11.1. The van der Waals surface area contributed by atoms with Crippen molar-refractivity contribution in [1.29, 1.82) is 0 Å². The predicted molar refractivity (Wildman–Crippen MR) is 66.5 cm³/mol. The Morgan fingerprint density at radius 2 is 1.68 bits per heavy atom. The van der Waals surface area contributed by atoms with E-state index in [-0.39, 0.29) is 5.91 Å². The molecule has 4 unspecified atom stereocenters. The maximum atomic E-state index is 12.6. The highest BCUT2D eigenvalue weighted by atomic mass is 16.5. The summed E-state index contributed by atoms with van der Waals surface area (Å²) in [6.45, 7) is 2.51. The van der Waals surface area contributed by atoms with Gasteiger partial charge in [0.25, 0.3) is 5.91 Å². The molecule has 0 aromatic carbocycles. The van der Waals surface area contributed by atoms with E-state index in [1.165, 1.54) is 0 Å². The lowest BCUT2D eigenvalue weighted by atomic mass is 9.82. The van der Waals surface area contributed by atoms with Gasteiger partial charge in [0.15, 0.2) is 0 Å². The van der Waals surface area contributed by atoms with Gasteiger partial charge in [0.1, 0.15) is 5.60 Å². The van der Waals surface area contributed by atoms with Gasteiger partial charge in [-0.15, -0.1) is 0 Å². The Kier molecular flexibility index (Phi) is 2.66. The number of aliphatic hydroxyl groups is 1. The van der Waals surface area contributed by atoms with E-state index in [9.17, 15) is 9.90 Å². The summed E-state index contributed by atoms with van der Waals surface area (Å²) >= 11 is 0. The number of likely N-dealkylation sites (tertiary alicyclic amines) is 1. The molecule has 5 heteroatoms. The van der Waals surface area contributed by atoms with Crippen molar-refractivity contribution in [2.75, 3.05) is 26.3 Å². The number of hydrogen-bond donors (Lipinski definition) is 1. The fourth-order valence-electron chi connectivity index (χ4n) is 4.34. The smallest absolute Gasteiger partial charge is 0.254 e. The Morgan fingerprint density at radius 3 is 2.26 bits per heavy atom. The highest BCUT2D eigenvalue weighted by Crippen LogP contribution is 2.47. The van der Waals surface area contributed by atoms with E-state index in [0.29, 0.717) is 50.1 Å². The van der Waals surface area contributed by atoms with Crippen molar-refractivity contribution in [1.82, 2.24) is 4.90 Å². The summed E-state index contributed by atoms with van der Waals surface area (Å²) in [5.74, 6) is 0.932. The highest BCUT2D eigenvalue weighted by Gasteiger charge is 2.55. The molecule has 19 heavy (non-hydrogen) atoms. The zero-order chi connectivity index (χ0) is 13.0. The largest absolute Gasteiger partial charge is 0.381 e. The van der Waals surface area contributed by atoms with Gasteiger partial charge in [-0.3, -0.25) is 4.79 Å². The lowest BCUT2D eigenvalue weighted by Crippen LogP contribution is -2.51. The minimum absolute atomic E-state index is 0.0791. The number of nitrogens with zero attached hydrogens (tertiary/aromatic N) is 1. The molecule has 0 aliphatic carbocycles. The SMILES string of the molecule is O=C(N1CC2C3CCC(O3)C2C1)C1(O)CCOCC1. The molecule has 1 N–H and O–H groups in total. The van der Waals surface area contributed by atoms with Crippen molar-refractivity contribution in [3.8, 4) is 0 Å². The molecule has 4 atom stereocenters. The van der Waals surface area contributed by atoms with Crippen LogP contribution in [0, 0.1) is 11.8 Å². The van der Waals surface area contributed by atoms with Crippen molar-refractivity contribution in [2.45, 2.75) is 43.5 Å². The van der Waals surface area contributed by atoms with Crippen LogP contribution >= 0.6 is 0 Å². The van der Waals surface area contributed by atoms with Gasteiger partial charge >= 0.3 is 0 Å². The zero-order valence-electron chi connectivity index (χ0n) is 11.1. The molecular weight excluding hydrogens is 246 g/mol. The molecule has 4 saturated heterocycles. The maximum Gasteiger partial charge on any atom is 0.254 e. The van der Waals surface area contributed by atoms with Crippen molar-refractivity contribution < 1.29 is 19.4 Å². The number of fused-ring (bicyclic) bond motifs is 5. The Bertz CT molecular complexity index is 375. The molecule has 4 rings (SSSR count). The summed E-state index contributed by atoms with van der Waals surface area (Å²) in [6, 6.07) is 0. The van der Waals surface area contributed by atoms with Crippen LogP contribution in [-0.4, -0.2) is 60.0 Å². The van der Waals surface area contributed by atoms with E-state index in [4.69, 9.17) is 9.47 Å². The highest BCUT2D eigenvalue weighted by molar-refractivity contribution is 5.85. The second-order valence-electron chi connectivity index (χ2n) is 6.47. The van der Waals surface area contributed by atoms with Crippen LogP contribution in [-0.2, 0) is 14.3 Å². The van der Waals surface area contributed by atoms with E-state index >= 15 is 0 Å². The first kappa shape index (κ1) is 12.1. The van der Waals surface area contributed by atoms with Gasteiger partial charge < -0.3 is 19.5 Å². The monoisotopic (exact) mass is 267 g/mol. The van der Waals surface area contributed by atoms with Gasteiger partial charge in [0.05, 0.1) is 12.2 Å². The van der Waals surface area contributed by atoms with Gasteiger partial charge in [-0.1, -0.05) is 0 Å². The van der Waals surface area contributed by atoms with Crippen LogP contribution in [0.4, 0.5) is 0 Å². The maximum absolute atomic E-state index is 12.6. The molecule has 0 radical (unpaired) electrons. The first-order valence-electron chi connectivity index (χ1n) is 7.42. The molecule has 1 amide bonds. The molecule has 2 bridgehead atoms. The topological polar surface area (TPSA) is 59.0 Å². The second-order valence-corrected chi connectivity index (χ2v) is 6.47. The molecule has 4 aliphatic rings. The minimum atomic E-state index is -1.18. The molecule has 4 heterocycles. The molecule has 106 valence electrons. The number of hydrogen-bond acceptors (Lipinski definition) is 4. The Morgan fingerprint density at radius 1 is 1.11 bits per heavy atom. The number of ether oxygens (including phenoxy) is 2. The Labute approximate surface area is 112 Å². The first-order chi connectivity index (χ1) is 9.17. The quantitative estimate of drug-likeness (QED) is 0.735. The van der Waals surface area contributed by atoms with E-state index in [1.54, 1.807) is 0 Å². The van der Waals surface area contributed by atoms with Gasteiger partial charge in [-0.2, -0.15) is 0 Å². The van der Waals surface area contributed by atoms with Crippen LogP contribution in [0.1, 0.15) is 25.7 Å². The summed E-state index contributed by atoms with van der Waals surface area (Å²) in [5, 5.41) is 10.5. The van der Waals surface area contributed by atoms with Gasteiger partial charge in [0.2, 0.25) is 0 Å². The molecule has 4 fully saturated rings. The third-order valence-corrected chi connectivity index (χ3v) is 5.46. The van der Waals surface area contributed by atoms with Gasteiger partial charge in [0, 0.05) is 51.0 Å². The van der Waals surface area contributed by atoms with Crippen molar-refractivity contribution in [2.24, 2.45) is 11.8 Å². The van der Waals surface area contributed by atoms with Gasteiger partial charge in [-0.05, 0) is 12.8 Å². The fourth-order valence-corrected chi connectivity index (χ4v) is 4.34. The third kappa shape index (κ3) is 1.75. The standard InChI is InChI=1S/C14H21NO4/c16-13(14(17)3-5-18-6-4-14)15-7-9-10(8-15)12-2-1-11(9)19-12/h9-12,17H,1-8H2. The molecule has 0 aromatic heterocycles. The molecule has 0 spiro atoms. The first-order valence-corrected chi connectivity index (χ1v) is 7.42. The summed E-state index contributed by atoms with van der Waals surface area (Å²) < 4.78 is 11.2. The van der Waals surface area contributed by atoms with E-state index in [0.717, 1.165) is 25.9 Å². The normalized spacial score (nSPS) is 43.5. The number of rotatable bonds is 1. The van der Waals surface area contributed by atoms with Crippen LogP contribution < -0.4 is 0 Å². The van der Waals surface area contributed by atoms with E-state index in [1.807, 2.05) is 4.90 Å². The summed E-state index contributed by atoms with van der Waals surface area (Å²) in [6.07, 6.45) is 3.87.